The normalized spacial score (nSPS) is 25.5. The summed E-state index contributed by atoms with van der Waals surface area (Å²) in [6, 6.07) is 6.05. The molecule has 26 heavy (non-hydrogen) atoms. The van der Waals surface area contributed by atoms with Crippen LogP contribution in [0, 0.1) is 6.92 Å². The fourth-order valence-electron chi connectivity index (χ4n) is 4.15. The van der Waals surface area contributed by atoms with E-state index in [1.165, 1.54) is 6.92 Å². The third kappa shape index (κ3) is 3.28. The van der Waals surface area contributed by atoms with E-state index in [0.29, 0.717) is 24.2 Å². The van der Waals surface area contributed by atoms with Gasteiger partial charge in [0.2, 0.25) is 0 Å². The second kappa shape index (κ2) is 7.23. The number of hydrogen-bond donors (Lipinski definition) is 1. The van der Waals surface area contributed by atoms with Crippen molar-refractivity contribution in [3.05, 3.63) is 40.6 Å². The van der Waals surface area contributed by atoms with Gasteiger partial charge in [0.1, 0.15) is 5.76 Å². The van der Waals surface area contributed by atoms with E-state index >= 15 is 0 Å². The van der Waals surface area contributed by atoms with Crippen LogP contribution in [-0.4, -0.2) is 30.6 Å². The highest BCUT2D eigenvalue weighted by molar-refractivity contribution is 6.24. The number of esters is 1. The number of ether oxygens (including phenoxy) is 2. The highest BCUT2D eigenvalue weighted by atomic mass is 16.5. The van der Waals surface area contributed by atoms with Gasteiger partial charge in [0.25, 0.3) is 5.91 Å². The Morgan fingerprint density at radius 1 is 1.31 bits per heavy atom. The zero-order chi connectivity index (χ0) is 18.9. The van der Waals surface area contributed by atoms with Gasteiger partial charge in [0.05, 0.1) is 17.2 Å². The largest absolute Gasteiger partial charge is 0.428 e. The van der Waals surface area contributed by atoms with Crippen LogP contribution in [0.2, 0.25) is 0 Å². The van der Waals surface area contributed by atoms with E-state index in [4.69, 9.17) is 9.47 Å². The minimum absolute atomic E-state index is 0.157. The number of aryl methyl sites for hydroxylation is 2. The molecule has 1 fully saturated rings. The minimum atomic E-state index is -0.608. The topological polar surface area (TPSA) is 64.6 Å². The van der Waals surface area contributed by atoms with Crippen molar-refractivity contribution in [3.8, 4) is 0 Å². The van der Waals surface area contributed by atoms with E-state index in [1.807, 2.05) is 19.1 Å². The maximum Gasteiger partial charge on any atom is 0.307 e. The van der Waals surface area contributed by atoms with E-state index in [2.05, 4.69) is 18.3 Å². The fourth-order valence-corrected chi connectivity index (χ4v) is 4.15. The van der Waals surface area contributed by atoms with Crippen molar-refractivity contribution < 1.29 is 19.1 Å². The number of nitrogens with one attached hydrogen (secondary N) is 1. The van der Waals surface area contributed by atoms with Gasteiger partial charge >= 0.3 is 5.97 Å². The molecule has 0 radical (unpaired) electrons. The number of rotatable bonds is 4. The second-order valence-corrected chi connectivity index (χ2v) is 7.28. The molecule has 0 unspecified atom stereocenters. The lowest BCUT2D eigenvalue weighted by atomic mass is 9.79. The summed E-state index contributed by atoms with van der Waals surface area (Å²) in [5.74, 6) is -0.0637. The average Bonchev–Trinajstić information content (AvgIpc) is 2.86. The predicted octanol–water partition coefficient (Wildman–Crippen LogP) is 3.29. The van der Waals surface area contributed by atoms with Crippen molar-refractivity contribution in [2.45, 2.75) is 64.5 Å². The summed E-state index contributed by atoms with van der Waals surface area (Å²) in [5.41, 5.74) is 2.99. The van der Waals surface area contributed by atoms with Gasteiger partial charge in [-0.05, 0) is 50.2 Å². The van der Waals surface area contributed by atoms with Crippen LogP contribution in [0.15, 0.2) is 24.0 Å². The summed E-state index contributed by atoms with van der Waals surface area (Å²) < 4.78 is 11.1. The molecule has 2 aliphatic rings. The SMILES string of the molecule is CCc1cc(C)ccc1C1=C(OC(C)=O)C2(CCC(OC)CC2)NC1=O. The minimum Gasteiger partial charge on any atom is -0.428 e. The third-order valence-electron chi connectivity index (χ3n) is 5.52. The smallest absolute Gasteiger partial charge is 0.307 e. The molecule has 140 valence electrons. The van der Waals surface area contributed by atoms with E-state index in [9.17, 15) is 9.59 Å². The monoisotopic (exact) mass is 357 g/mol. The average molecular weight is 357 g/mol. The van der Waals surface area contributed by atoms with Crippen LogP contribution in [0.3, 0.4) is 0 Å². The molecule has 1 aromatic rings. The van der Waals surface area contributed by atoms with Gasteiger partial charge in [-0.1, -0.05) is 30.7 Å². The first kappa shape index (κ1) is 18.6. The van der Waals surface area contributed by atoms with Gasteiger partial charge in [0.15, 0.2) is 0 Å². The summed E-state index contributed by atoms with van der Waals surface area (Å²) in [4.78, 5) is 24.8. The molecule has 1 N–H and O–H groups in total. The van der Waals surface area contributed by atoms with Crippen molar-refractivity contribution >= 4 is 17.4 Å². The lowest BCUT2D eigenvalue weighted by Gasteiger charge is -2.37. The van der Waals surface area contributed by atoms with Crippen molar-refractivity contribution in [1.82, 2.24) is 5.32 Å². The first-order valence-corrected chi connectivity index (χ1v) is 9.28. The van der Waals surface area contributed by atoms with Crippen LogP contribution in [0.25, 0.3) is 5.57 Å². The Balaban J connectivity index is 2.11. The molecule has 0 bridgehead atoms. The molecule has 0 atom stereocenters. The molecule has 1 amide bonds. The summed E-state index contributed by atoms with van der Waals surface area (Å²) in [7, 11) is 1.71. The van der Waals surface area contributed by atoms with E-state index in [0.717, 1.165) is 36.0 Å². The first-order valence-electron chi connectivity index (χ1n) is 9.28. The molecule has 1 saturated carbocycles. The van der Waals surface area contributed by atoms with Gasteiger partial charge in [-0.2, -0.15) is 0 Å². The molecule has 3 rings (SSSR count). The number of carbonyl (C=O) groups is 2. The van der Waals surface area contributed by atoms with Gasteiger partial charge in [0, 0.05) is 14.0 Å². The van der Waals surface area contributed by atoms with E-state index in [-0.39, 0.29) is 12.0 Å². The molecule has 5 heteroatoms. The zero-order valence-corrected chi connectivity index (χ0v) is 16.0. The molecule has 1 aliphatic heterocycles. The Labute approximate surface area is 154 Å². The second-order valence-electron chi connectivity index (χ2n) is 7.28. The van der Waals surface area contributed by atoms with Crippen LogP contribution in [0.4, 0.5) is 0 Å². The standard InChI is InChI=1S/C21H27NO4/c1-5-15-12-13(2)6-7-17(15)18-19(26-14(3)23)21(22-20(18)24)10-8-16(25-4)9-11-21/h6-7,12,16H,5,8-11H2,1-4H3,(H,22,24). The van der Waals surface area contributed by atoms with Crippen molar-refractivity contribution in [2.24, 2.45) is 0 Å². The highest BCUT2D eigenvalue weighted by Crippen LogP contribution is 2.44. The lowest BCUT2D eigenvalue weighted by Crippen LogP contribution is -2.49. The number of amides is 1. The van der Waals surface area contributed by atoms with Gasteiger partial charge in [-0.3, -0.25) is 9.59 Å². The third-order valence-corrected chi connectivity index (χ3v) is 5.52. The molecule has 0 aromatic heterocycles. The Kier molecular flexibility index (Phi) is 5.19. The maximum absolute atomic E-state index is 13.0. The number of carbonyl (C=O) groups excluding carboxylic acids is 2. The van der Waals surface area contributed by atoms with Gasteiger partial charge < -0.3 is 14.8 Å². The van der Waals surface area contributed by atoms with Crippen LogP contribution < -0.4 is 5.32 Å². The van der Waals surface area contributed by atoms with Gasteiger partial charge in [-0.25, -0.2) is 0 Å². The Hall–Kier alpha value is -2.14. The van der Waals surface area contributed by atoms with Crippen LogP contribution in [0.1, 0.15) is 56.2 Å². The quantitative estimate of drug-likeness (QED) is 0.840. The molecule has 1 aliphatic carbocycles. The summed E-state index contributed by atoms with van der Waals surface area (Å²) >= 11 is 0. The molecule has 1 aromatic carbocycles. The number of benzene rings is 1. The fraction of sp³-hybridized carbons (Fsp3) is 0.524. The Morgan fingerprint density at radius 3 is 2.58 bits per heavy atom. The molecule has 1 spiro atoms. The van der Waals surface area contributed by atoms with Crippen molar-refractivity contribution in [2.75, 3.05) is 7.11 Å². The molecular weight excluding hydrogens is 330 g/mol. The van der Waals surface area contributed by atoms with Crippen LogP contribution in [0.5, 0.6) is 0 Å². The summed E-state index contributed by atoms with van der Waals surface area (Å²) in [6.45, 7) is 5.49. The number of methoxy groups -OCH3 is 1. The Bertz CT molecular complexity index is 757. The summed E-state index contributed by atoms with van der Waals surface area (Å²) in [6.07, 6.45) is 4.05. The lowest BCUT2D eigenvalue weighted by molar-refractivity contribution is -0.138. The number of hydrogen-bond acceptors (Lipinski definition) is 4. The Morgan fingerprint density at radius 2 is 2.00 bits per heavy atom. The predicted molar refractivity (Wildman–Crippen MR) is 99.4 cm³/mol. The van der Waals surface area contributed by atoms with Crippen LogP contribution in [-0.2, 0) is 25.5 Å². The molecule has 0 saturated heterocycles. The summed E-state index contributed by atoms with van der Waals surface area (Å²) in [5, 5.41) is 3.14. The van der Waals surface area contributed by atoms with Crippen LogP contribution >= 0.6 is 0 Å². The zero-order valence-electron chi connectivity index (χ0n) is 16.0. The highest BCUT2D eigenvalue weighted by Gasteiger charge is 2.49. The van der Waals surface area contributed by atoms with E-state index < -0.39 is 11.5 Å². The molecule has 1 heterocycles. The van der Waals surface area contributed by atoms with E-state index in [1.54, 1.807) is 7.11 Å². The maximum atomic E-state index is 13.0. The first-order chi connectivity index (χ1) is 12.4. The van der Waals surface area contributed by atoms with Gasteiger partial charge in [-0.15, -0.1) is 0 Å². The molecule has 5 nitrogen and oxygen atoms in total. The van der Waals surface area contributed by atoms with Crippen molar-refractivity contribution in [1.29, 1.82) is 0 Å². The van der Waals surface area contributed by atoms with Crippen molar-refractivity contribution in [3.63, 3.8) is 0 Å². The molecular formula is C21H27NO4.